The fourth-order valence-corrected chi connectivity index (χ4v) is 4.10. The fourth-order valence-electron chi connectivity index (χ4n) is 2.49. The Balaban J connectivity index is 2.14. The van der Waals surface area contributed by atoms with Gasteiger partial charge in [-0.1, -0.05) is 60.7 Å². The van der Waals surface area contributed by atoms with E-state index in [0.717, 1.165) is 11.1 Å². The molecule has 0 aliphatic heterocycles. The van der Waals surface area contributed by atoms with E-state index in [0.29, 0.717) is 6.42 Å². The first-order valence-corrected chi connectivity index (χ1v) is 9.65. The minimum absolute atomic E-state index is 0.0277. The Kier molecular flexibility index (Phi) is 6.15. The fraction of sp³-hybridized carbons (Fsp3) is 0.368. The number of benzene rings is 2. The molecule has 0 fully saturated rings. The highest BCUT2D eigenvalue weighted by Crippen LogP contribution is 2.16. The number of rotatable bonds is 8. The predicted molar refractivity (Wildman–Crippen MR) is 97.1 cm³/mol. The van der Waals surface area contributed by atoms with Crippen LogP contribution in [0.25, 0.3) is 0 Å². The molecule has 0 aliphatic carbocycles. The van der Waals surface area contributed by atoms with Crippen molar-refractivity contribution in [3.8, 4) is 0 Å². The summed E-state index contributed by atoms with van der Waals surface area (Å²) in [5.74, 6) is 0.0277. The first-order valence-electron chi connectivity index (χ1n) is 8.04. The molecule has 0 saturated carbocycles. The van der Waals surface area contributed by atoms with Gasteiger partial charge in [-0.3, -0.25) is 0 Å². The van der Waals surface area contributed by atoms with Crippen molar-refractivity contribution >= 4 is 10.0 Å². The van der Waals surface area contributed by atoms with Gasteiger partial charge in [0.2, 0.25) is 10.0 Å². The van der Waals surface area contributed by atoms with Crippen LogP contribution in [0.4, 0.5) is 0 Å². The molecule has 0 atom stereocenters. The molecule has 5 heteroatoms. The molecule has 2 aromatic carbocycles. The standard InChI is InChI=1S/C19H25NO3S/c1-19(2,21)16-20(15-18-11-7-4-8-12-18)24(22,23)14-13-17-9-5-3-6-10-17/h3-12,21H,13-16H2,1-2H3. The maximum absolute atomic E-state index is 12.8. The molecule has 24 heavy (non-hydrogen) atoms. The van der Waals surface area contributed by atoms with E-state index < -0.39 is 15.6 Å². The molecule has 0 spiro atoms. The molecule has 130 valence electrons. The Morgan fingerprint density at radius 3 is 1.92 bits per heavy atom. The molecule has 0 bridgehead atoms. The molecule has 1 N–H and O–H groups in total. The van der Waals surface area contributed by atoms with Crippen LogP contribution in [-0.2, 0) is 23.0 Å². The van der Waals surface area contributed by atoms with Crippen LogP contribution in [0.2, 0.25) is 0 Å². The monoisotopic (exact) mass is 347 g/mol. The number of sulfonamides is 1. The average Bonchev–Trinajstić information content (AvgIpc) is 2.53. The van der Waals surface area contributed by atoms with E-state index in [4.69, 9.17) is 0 Å². The van der Waals surface area contributed by atoms with Gasteiger partial charge in [-0.2, -0.15) is 4.31 Å². The summed E-state index contributed by atoms with van der Waals surface area (Å²) in [6.45, 7) is 3.58. The van der Waals surface area contributed by atoms with Gasteiger partial charge in [0.05, 0.1) is 11.4 Å². The first kappa shape index (κ1) is 18.6. The largest absolute Gasteiger partial charge is 0.389 e. The normalized spacial score (nSPS) is 12.5. The van der Waals surface area contributed by atoms with E-state index in [1.807, 2.05) is 60.7 Å². The van der Waals surface area contributed by atoms with Crippen molar-refractivity contribution in [3.05, 3.63) is 71.8 Å². The highest BCUT2D eigenvalue weighted by Gasteiger charge is 2.28. The van der Waals surface area contributed by atoms with Crippen LogP contribution in [0, 0.1) is 0 Å². The molecule has 0 aromatic heterocycles. The minimum atomic E-state index is -3.48. The van der Waals surface area contributed by atoms with E-state index in [-0.39, 0.29) is 18.8 Å². The van der Waals surface area contributed by atoms with Crippen molar-refractivity contribution in [2.45, 2.75) is 32.4 Å². The van der Waals surface area contributed by atoms with Crippen molar-refractivity contribution in [2.24, 2.45) is 0 Å². The van der Waals surface area contributed by atoms with Crippen LogP contribution >= 0.6 is 0 Å². The minimum Gasteiger partial charge on any atom is -0.389 e. The number of aliphatic hydroxyl groups is 1. The Labute approximate surface area is 144 Å². The molecule has 0 saturated heterocycles. The number of hydrogen-bond donors (Lipinski definition) is 1. The Bertz CT molecular complexity index is 722. The third-order valence-corrected chi connectivity index (χ3v) is 5.41. The number of aryl methyl sites for hydroxylation is 1. The zero-order valence-corrected chi connectivity index (χ0v) is 15.0. The molecule has 0 unspecified atom stereocenters. The second-order valence-electron chi connectivity index (χ2n) is 6.62. The summed E-state index contributed by atoms with van der Waals surface area (Å²) in [5.41, 5.74) is 0.809. The van der Waals surface area contributed by atoms with E-state index in [1.165, 1.54) is 4.31 Å². The van der Waals surface area contributed by atoms with Gasteiger partial charge in [-0.05, 0) is 31.4 Å². The summed E-state index contributed by atoms with van der Waals surface area (Å²) in [6, 6.07) is 19.0. The molecular formula is C19H25NO3S. The van der Waals surface area contributed by atoms with Gasteiger partial charge < -0.3 is 5.11 Å². The molecule has 0 heterocycles. The second-order valence-corrected chi connectivity index (χ2v) is 8.71. The summed E-state index contributed by atoms with van der Waals surface area (Å²) in [5, 5.41) is 10.1. The first-order chi connectivity index (χ1) is 11.3. The Morgan fingerprint density at radius 1 is 0.917 bits per heavy atom. The quantitative estimate of drug-likeness (QED) is 0.799. The van der Waals surface area contributed by atoms with Crippen LogP contribution in [0.15, 0.2) is 60.7 Å². The Hall–Kier alpha value is -1.69. The van der Waals surface area contributed by atoms with Gasteiger partial charge in [-0.15, -0.1) is 0 Å². The van der Waals surface area contributed by atoms with E-state index in [1.54, 1.807) is 13.8 Å². The van der Waals surface area contributed by atoms with Gasteiger partial charge in [0.15, 0.2) is 0 Å². The highest BCUT2D eigenvalue weighted by molar-refractivity contribution is 7.89. The van der Waals surface area contributed by atoms with Crippen LogP contribution in [0.1, 0.15) is 25.0 Å². The molecule has 2 rings (SSSR count). The second kappa shape index (κ2) is 7.92. The Morgan fingerprint density at radius 2 is 1.42 bits per heavy atom. The maximum Gasteiger partial charge on any atom is 0.214 e. The zero-order chi connectivity index (χ0) is 17.6. The van der Waals surface area contributed by atoms with Crippen molar-refractivity contribution in [1.82, 2.24) is 4.31 Å². The van der Waals surface area contributed by atoms with Gasteiger partial charge in [-0.25, -0.2) is 8.42 Å². The van der Waals surface area contributed by atoms with Crippen LogP contribution in [-0.4, -0.2) is 35.7 Å². The van der Waals surface area contributed by atoms with E-state index in [2.05, 4.69) is 0 Å². The molecule has 4 nitrogen and oxygen atoms in total. The third-order valence-electron chi connectivity index (χ3n) is 3.65. The lowest BCUT2D eigenvalue weighted by molar-refractivity contribution is 0.0577. The maximum atomic E-state index is 12.8. The van der Waals surface area contributed by atoms with Gasteiger partial charge in [0, 0.05) is 13.1 Å². The average molecular weight is 347 g/mol. The lowest BCUT2D eigenvalue weighted by Gasteiger charge is -2.28. The summed E-state index contributed by atoms with van der Waals surface area (Å²) in [4.78, 5) is 0. The zero-order valence-electron chi connectivity index (χ0n) is 14.2. The van der Waals surface area contributed by atoms with E-state index >= 15 is 0 Å². The third kappa shape index (κ3) is 6.07. The lowest BCUT2D eigenvalue weighted by atomic mass is 10.1. The lowest BCUT2D eigenvalue weighted by Crippen LogP contribution is -2.43. The van der Waals surface area contributed by atoms with Crippen LogP contribution in [0.5, 0.6) is 0 Å². The molecule has 0 aliphatic rings. The van der Waals surface area contributed by atoms with Crippen LogP contribution < -0.4 is 0 Å². The smallest absolute Gasteiger partial charge is 0.214 e. The molecule has 2 aromatic rings. The number of hydrogen-bond acceptors (Lipinski definition) is 3. The molecular weight excluding hydrogens is 322 g/mol. The number of nitrogens with zero attached hydrogens (tertiary/aromatic N) is 1. The van der Waals surface area contributed by atoms with E-state index in [9.17, 15) is 13.5 Å². The SMILES string of the molecule is CC(C)(O)CN(Cc1ccccc1)S(=O)(=O)CCc1ccccc1. The van der Waals surface area contributed by atoms with Crippen molar-refractivity contribution in [3.63, 3.8) is 0 Å². The summed E-state index contributed by atoms with van der Waals surface area (Å²) in [6.07, 6.45) is 0.459. The van der Waals surface area contributed by atoms with Crippen molar-refractivity contribution in [2.75, 3.05) is 12.3 Å². The topological polar surface area (TPSA) is 57.6 Å². The summed E-state index contributed by atoms with van der Waals surface area (Å²) in [7, 11) is -3.48. The van der Waals surface area contributed by atoms with Gasteiger partial charge >= 0.3 is 0 Å². The highest BCUT2D eigenvalue weighted by atomic mass is 32.2. The summed E-state index contributed by atoms with van der Waals surface area (Å²) >= 11 is 0. The van der Waals surface area contributed by atoms with Gasteiger partial charge in [0.25, 0.3) is 0 Å². The van der Waals surface area contributed by atoms with Gasteiger partial charge in [0.1, 0.15) is 0 Å². The van der Waals surface area contributed by atoms with Crippen molar-refractivity contribution in [1.29, 1.82) is 0 Å². The molecule has 0 radical (unpaired) electrons. The van der Waals surface area contributed by atoms with Crippen molar-refractivity contribution < 1.29 is 13.5 Å². The summed E-state index contributed by atoms with van der Waals surface area (Å²) < 4.78 is 27.0. The van der Waals surface area contributed by atoms with Crippen LogP contribution in [0.3, 0.4) is 0 Å². The molecule has 0 amide bonds. The predicted octanol–water partition coefficient (Wildman–Crippen LogP) is 2.83.